The van der Waals surface area contributed by atoms with Gasteiger partial charge in [0.05, 0.1) is 6.20 Å². The van der Waals surface area contributed by atoms with Gasteiger partial charge in [-0.05, 0) is 38.8 Å². The largest absolute Gasteiger partial charge is 0.326 e. The monoisotopic (exact) mass is 313 g/mol. The van der Waals surface area contributed by atoms with Gasteiger partial charge in [0.1, 0.15) is 0 Å². The van der Waals surface area contributed by atoms with E-state index >= 15 is 0 Å². The fourth-order valence-electron chi connectivity index (χ4n) is 3.63. The molecule has 0 aromatic carbocycles. The number of nitrogens with two attached hydrogens (primary N) is 1. The van der Waals surface area contributed by atoms with E-state index in [0.717, 1.165) is 25.8 Å². The van der Waals surface area contributed by atoms with E-state index in [9.17, 15) is 8.42 Å². The summed E-state index contributed by atoms with van der Waals surface area (Å²) in [5.41, 5.74) is 6.15. The second kappa shape index (κ2) is 5.68. The predicted octanol–water partition coefficient (Wildman–Crippen LogP) is -0.0268. The second-order valence-electron chi connectivity index (χ2n) is 6.03. The highest BCUT2D eigenvalue weighted by Gasteiger charge is 2.39. The zero-order valence-corrected chi connectivity index (χ0v) is 13.1. The maximum Gasteiger partial charge on any atom is 0.260 e. The Morgan fingerprint density at radius 1 is 1.43 bits per heavy atom. The maximum absolute atomic E-state index is 12.8. The van der Waals surface area contributed by atoms with Gasteiger partial charge in [-0.1, -0.05) is 0 Å². The summed E-state index contributed by atoms with van der Waals surface area (Å²) in [7, 11) is -1.37. The van der Waals surface area contributed by atoms with Gasteiger partial charge < -0.3 is 10.6 Å². The van der Waals surface area contributed by atoms with Crippen LogP contribution in [0.15, 0.2) is 11.2 Å². The SMILES string of the molecule is CN1CCCC2CN(S(=O)(=O)c3[nH]ncc3CN)CCC21. The lowest BCUT2D eigenvalue weighted by Gasteiger charge is -2.45. The number of hydrogen-bond donors (Lipinski definition) is 2. The van der Waals surface area contributed by atoms with Gasteiger partial charge in [0.25, 0.3) is 10.0 Å². The summed E-state index contributed by atoms with van der Waals surface area (Å²) in [6.07, 6.45) is 4.64. The van der Waals surface area contributed by atoms with Crippen LogP contribution < -0.4 is 5.73 Å². The first-order chi connectivity index (χ1) is 10.0. The lowest BCUT2D eigenvalue weighted by molar-refractivity contribution is 0.0670. The first kappa shape index (κ1) is 15.0. The highest BCUT2D eigenvalue weighted by Crippen LogP contribution is 2.32. The van der Waals surface area contributed by atoms with Crippen molar-refractivity contribution in [2.75, 3.05) is 26.7 Å². The second-order valence-corrected chi connectivity index (χ2v) is 7.91. The molecule has 2 aliphatic heterocycles. The maximum atomic E-state index is 12.8. The molecule has 2 atom stereocenters. The number of nitrogens with one attached hydrogen (secondary N) is 1. The van der Waals surface area contributed by atoms with Gasteiger partial charge >= 0.3 is 0 Å². The van der Waals surface area contributed by atoms with E-state index in [4.69, 9.17) is 5.73 Å². The van der Waals surface area contributed by atoms with Gasteiger partial charge in [0.15, 0.2) is 5.03 Å². The average molecular weight is 313 g/mol. The van der Waals surface area contributed by atoms with Crippen molar-refractivity contribution in [1.82, 2.24) is 19.4 Å². The topological polar surface area (TPSA) is 95.3 Å². The summed E-state index contributed by atoms with van der Waals surface area (Å²) in [6, 6.07) is 0.515. The van der Waals surface area contributed by atoms with E-state index in [-0.39, 0.29) is 11.6 Å². The molecular weight excluding hydrogens is 290 g/mol. The molecule has 3 rings (SSSR count). The van der Waals surface area contributed by atoms with E-state index in [0.29, 0.717) is 30.6 Å². The molecule has 21 heavy (non-hydrogen) atoms. The van der Waals surface area contributed by atoms with Crippen LogP contribution >= 0.6 is 0 Å². The fraction of sp³-hybridized carbons (Fsp3) is 0.769. The van der Waals surface area contributed by atoms with Crippen molar-refractivity contribution in [2.45, 2.75) is 36.9 Å². The van der Waals surface area contributed by atoms with Crippen molar-refractivity contribution < 1.29 is 8.42 Å². The van der Waals surface area contributed by atoms with Gasteiger partial charge in [-0.2, -0.15) is 9.40 Å². The molecular formula is C13H23N5O2S. The summed E-state index contributed by atoms with van der Waals surface area (Å²) in [5, 5.41) is 6.59. The van der Waals surface area contributed by atoms with Crippen molar-refractivity contribution in [3.8, 4) is 0 Å². The minimum Gasteiger partial charge on any atom is -0.326 e. The molecule has 2 saturated heterocycles. The number of sulfonamides is 1. The number of hydrogen-bond acceptors (Lipinski definition) is 5. The zero-order valence-electron chi connectivity index (χ0n) is 12.3. The Kier molecular flexibility index (Phi) is 4.04. The number of rotatable bonds is 3. The van der Waals surface area contributed by atoms with Crippen LogP contribution in [0.3, 0.4) is 0 Å². The molecule has 7 nitrogen and oxygen atoms in total. The van der Waals surface area contributed by atoms with E-state index < -0.39 is 10.0 Å². The Bertz CT molecular complexity index is 599. The molecule has 0 spiro atoms. The normalized spacial score (nSPS) is 28.5. The lowest BCUT2D eigenvalue weighted by atomic mass is 9.85. The first-order valence-electron chi connectivity index (χ1n) is 7.46. The van der Waals surface area contributed by atoms with Crippen LogP contribution in [-0.2, 0) is 16.6 Å². The molecule has 0 aliphatic carbocycles. The van der Waals surface area contributed by atoms with Crippen molar-refractivity contribution in [3.05, 3.63) is 11.8 Å². The zero-order chi connectivity index (χ0) is 15.0. The molecule has 2 unspecified atom stereocenters. The quantitative estimate of drug-likeness (QED) is 0.817. The van der Waals surface area contributed by atoms with Crippen LogP contribution in [0.1, 0.15) is 24.8 Å². The van der Waals surface area contributed by atoms with Crippen LogP contribution in [0, 0.1) is 5.92 Å². The molecule has 0 bridgehead atoms. The van der Waals surface area contributed by atoms with Crippen LogP contribution in [0.4, 0.5) is 0 Å². The smallest absolute Gasteiger partial charge is 0.260 e. The van der Waals surface area contributed by atoms with E-state index in [1.165, 1.54) is 6.20 Å². The van der Waals surface area contributed by atoms with Gasteiger partial charge in [-0.25, -0.2) is 8.42 Å². The van der Waals surface area contributed by atoms with Gasteiger partial charge in [-0.3, -0.25) is 5.10 Å². The van der Waals surface area contributed by atoms with Crippen molar-refractivity contribution in [2.24, 2.45) is 11.7 Å². The Morgan fingerprint density at radius 3 is 3.00 bits per heavy atom. The van der Waals surface area contributed by atoms with E-state index in [1.807, 2.05) is 0 Å². The van der Waals surface area contributed by atoms with Crippen molar-refractivity contribution in [3.63, 3.8) is 0 Å². The minimum atomic E-state index is -3.51. The third kappa shape index (κ3) is 2.61. The molecule has 1 aromatic rings. The number of piperidine rings is 2. The average Bonchev–Trinajstić information content (AvgIpc) is 2.96. The molecule has 0 radical (unpaired) electrons. The number of fused-ring (bicyclic) bond motifs is 1. The number of H-pyrrole nitrogens is 1. The molecule has 0 saturated carbocycles. The molecule has 118 valence electrons. The molecule has 2 aliphatic rings. The Hall–Kier alpha value is -0.960. The molecule has 2 fully saturated rings. The van der Waals surface area contributed by atoms with E-state index in [2.05, 4.69) is 22.1 Å². The standard InChI is InChI=1S/C13H23N5O2S/c1-17-5-2-3-10-9-18(6-4-12(10)17)21(19,20)13-11(7-14)8-15-16-13/h8,10,12H,2-7,9,14H2,1H3,(H,15,16). The van der Waals surface area contributed by atoms with Gasteiger partial charge in [0, 0.05) is 31.2 Å². The van der Waals surface area contributed by atoms with Crippen molar-refractivity contribution in [1.29, 1.82) is 0 Å². The highest BCUT2D eigenvalue weighted by molar-refractivity contribution is 7.89. The third-order valence-corrected chi connectivity index (χ3v) is 6.69. The Morgan fingerprint density at radius 2 is 2.24 bits per heavy atom. The summed E-state index contributed by atoms with van der Waals surface area (Å²) in [6.45, 7) is 2.46. The fourth-order valence-corrected chi connectivity index (χ4v) is 5.26. The highest BCUT2D eigenvalue weighted by atomic mass is 32.2. The number of aromatic amines is 1. The van der Waals surface area contributed by atoms with Gasteiger partial charge in [-0.15, -0.1) is 0 Å². The summed E-state index contributed by atoms with van der Waals surface area (Å²) in [4.78, 5) is 2.37. The molecule has 3 N–H and O–H groups in total. The number of likely N-dealkylation sites (tertiary alicyclic amines) is 1. The van der Waals surface area contributed by atoms with Crippen LogP contribution in [0.2, 0.25) is 0 Å². The molecule has 0 amide bonds. The predicted molar refractivity (Wildman–Crippen MR) is 79.0 cm³/mol. The molecule has 1 aromatic heterocycles. The number of aromatic nitrogens is 2. The minimum absolute atomic E-state index is 0.160. The Balaban J connectivity index is 1.81. The summed E-state index contributed by atoms with van der Waals surface area (Å²) < 4.78 is 27.1. The van der Waals surface area contributed by atoms with Crippen LogP contribution in [0.25, 0.3) is 0 Å². The van der Waals surface area contributed by atoms with Crippen LogP contribution in [0.5, 0.6) is 0 Å². The van der Waals surface area contributed by atoms with E-state index in [1.54, 1.807) is 4.31 Å². The molecule has 8 heteroatoms. The third-order valence-electron chi connectivity index (χ3n) is 4.80. The number of nitrogens with zero attached hydrogens (tertiary/aromatic N) is 3. The van der Waals surface area contributed by atoms with Crippen LogP contribution in [-0.4, -0.2) is 60.5 Å². The lowest BCUT2D eigenvalue weighted by Crippen LogP contribution is -2.53. The van der Waals surface area contributed by atoms with Gasteiger partial charge in [0.2, 0.25) is 0 Å². The van der Waals surface area contributed by atoms with Crippen molar-refractivity contribution >= 4 is 10.0 Å². The first-order valence-corrected chi connectivity index (χ1v) is 8.90. The molecule has 3 heterocycles. The summed E-state index contributed by atoms with van der Waals surface area (Å²) >= 11 is 0. The Labute approximate surface area is 125 Å². The summed E-state index contributed by atoms with van der Waals surface area (Å²) in [5.74, 6) is 0.427.